The maximum Gasteiger partial charge on any atom is 0.343 e. The molecule has 0 saturated carbocycles. The molecule has 1 aromatic heterocycles. The van der Waals surface area contributed by atoms with Gasteiger partial charge in [0, 0.05) is 36.3 Å². The lowest BCUT2D eigenvalue weighted by molar-refractivity contribution is -0.104. The van der Waals surface area contributed by atoms with Gasteiger partial charge in [0.15, 0.2) is 6.21 Å². The predicted molar refractivity (Wildman–Crippen MR) is 83.1 cm³/mol. The van der Waals surface area contributed by atoms with Crippen molar-refractivity contribution in [3.63, 3.8) is 0 Å². The Hall–Kier alpha value is -2.36. The van der Waals surface area contributed by atoms with Gasteiger partial charge in [-0.25, -0.2) is 4.79 Å². The average Bonchev–Trinajstić information content (AvgIpc) is 2.46. The normalized spacial score (nSPS) is 11.1. The maximum atomic E-state index is 11.9. The van der Waals surface area contributed by atoms with E-state index in [1.807, 2.05) is 24.3 Å². The van der Waals surface area contributed by atoms with Gasteiger partial charge in [0.1, 0.15) is 5.58 Å². The van der Waals surface area contributed by atoms with Crippen molar-refractivity contribution in [2.75, 3.05) is 18.0 Å². The lowest BCUT2D eigenvalue weighted by Gasteiger charge is -2.20. The molecule has 2 rings (SSSR count). The minimum atomic E-state index is -0.354. The molecule has 0 unspecified atom stereocenters. The highest BCUT2D eigenvalue weighted by molar-refractivity contribution is 5.83. The van der Waals surface area contributed by atoms with Crippen LogP contribution in [0.4, 0.5) is 5.69 Å². The Labute approximate surface area is 117 Å². The summed E-state index contributed by atoms with van der Waals surface area (Å²) in [5.41, 5.74) is 1.81. The number of anilines is 1. The third-order valence-electron chi connectivity index (χ3n) is 3.26. The Balaban J connectivity index is 2.52. The van der Waals surface area contributed by atoms with Crippen molar-refractivity contribution in [3.05, 3.63) is 46.3 Å². The summed E-state index contributed by atoms with van der Waals surface area (Å²) in [5.74, 6) is 0. The average molecular weight is 271 g/mol. The van der Waals surface area contributed by atoms with Crippen LogP contribution in [0.25, 0.3) is 17.0 Å². The molecule has 0 atom stereocenters. The van der Waals surface area contributed by atoms with E-state index < -0.39 is 0 Å². The lowest BCUT2D eigenvalue weighted by Crippen LogP contribution is -2.28. The van der Waals surface area contributed by atoms with Crippen molar-refractivity contribution in [3.8, 4) is 0 Å². The summed E-state index contributed by atoms with van der Waals surface area (Å²) in [6.07, 6.45) is 4.64. The molecule has 0 spiro atoms. The molecule has 0 aliphatic heterocycles. The molecule has 2 N–H and O–H groups in total. The summed E-state index contributed by atoms with van der Waals surface area (Å²) in [6.45, 7) is 6.03. The zero-order valence-electron chi connectivity index (χ0n) is 11.8. The zero-order chi connectivity index (χ0) is 14.5. The Morgan fingerprint density at radius 3 is 2.65 bits per heavy atom. The van der Waals surface area contributed by atoms with Gasteiger partial charge in [-0.3, -0.25) is 5.41 Å². The Bertz CT molecular complexity index is 697. The minimum absolute atomic E-state index is 0.354. The number of nitrogens with two attached hydrogens (primary N) is 1. The van der Waals surface area contributed by atoms with Gasteiger partial charge in [0.05, 0.1) is 5.56 Å². The summed E-state index contributed by atoms with van der Waals surface area (Å²) < 4.78 is 5.38. The van der Waals surface area contributed by atoms with Gasteiger partial charge >= 0.3 is 5.63 Å². The first-order chi connectivity index (χ1) is 9.69. The van der Waals surface area contributed by atoms with Crippen molar-refractivity contribution in [1.29, 1.82) is 0 Å². The topological polar surface area (TPSA) is 59.0 Å². The van der Waals surface area contributed by atoms with Crippen molar-refractivity contribution >= 4 is 28.9 Å². The molecule has 1 heterocycles. The van der Waals surface area contributed by atoms with E-state index in [9.17, 15) is 4.79 Å². The number of allylic oxidation sites excluding steroid dienone is 1. The molecule has 0 fully saturated rings. The lowest BCUT2D eigenvalue weighted by atomic mass is 10.1. The van der Waals surface area contributed by atoms with Crippen LogP contribution < -0.4 is 15.9 Å². The summed E-state index contributed by atoms with van der Waals surface area (Å²) in [6, 6.07) is 7.73. The van der Waals surface area contributed by atoms with Crippen LogP contribution in [0.15, 0.2) is 39.6 Å². The first kappa shape index (κ1) is 14.1. The molecule has 20 heavy (non-hydrogen) atoms. The first-order valence-corrected chi connectivity index (χ1v) is 6.74. The van der Waals surface area contributed by atoms with E-state index in [2.05, 4.69) is 18.7 Å². The summed E-state index contributed by atoms with van der Waals surface area (Å²) in [5, 5.41) is 6.17. The number of hydrogen-bond acceptors (Lipinski definition) is 3. The highest BCUT2D eigenvalue weighted by atomic mass is 16.4. The van der Waals surface area contributed by atoms with Crippen LogP contribution in [-0.2, 0) is 0 Å². The molecular formula is C16H19N2O2+. The van der Waals surface area contributed by atoms with E-state index in [0.717, 1.165) is 24.2 Å². The van der Waals surface area contributed by atoms with Crippen LogP contribution in [0.1, 0.15) is 19.4 Å². The molecule has 2 aromatic rings. The van der Waals surface area contributed by atoms with Gasteiger partial charge in [-0.15, -0.1) is 0 Å². The van der Waals surface area contributed by atoms with Crippen LogP contribution >= 0.6 is 0 Å². The Morgan fingerprint density at radius 1 is 1.25 bits per heavy atom. The van der Waals surface area contributed by atoms with E-state index in [-0.39, 0.29) is 5.63 Å². The van der Waals surface area contributed by atoms with E-state index in [4.69, 9.17) is 9.83 Å². The fourth-order valence-corrected chi connectivity index (χ4v) is 2.18. The first-order valence-electron chi connectivity index (χ1n) is 6.74. The van der Waals surface area contributed by atoms with Gasteiger partial charge < -0.3 is 9.32 Å². The van der Waals surface area contributed by atoms with Crippen LogP contribution in [0.3, 0.4) is 0 Å². The molecule has 0 aliphatic carbocycles. The van der Waals surface area contributed by atoms with Crippen molar-refractivity contribution in [2.45, 2.75) is 13.8 Å². The third kappa shape index (κ3) is 2.79. The monoisotopic (exact) mass is 271 g/mol. The van der Waals surface area contributed by atoms with E-state index >= 15 is 0 Å². The fraction of sp³-hybridized carbons (Fsp3) is 0.250. The Kier molecular flexibility index (Phi) is 4.35. The number of hydrogen-bond donors (Lipinski definition) is 1. The third-order valence-corrected chi connectivity index (χ3v) is 3.26. The van der Waals surface area contributed by atoms with E-state index in [1.54, 1.807) is 12.2 Å². The van der Waals surface area contributed by atoms with Gasteiger partial charge in [-0.1, -0.05) is 0 Å². The zero-order valence-corrected chi connectivity index (χ0v) is 11.8. The van der Waals surface area contributed by atoms with E-state index in [1.165, 1.54) is 6.21 Å². The summed E-state index contributed by atoms with van der Waals surface area (Å²) in [4.78, 5) is 14.1. The smallest absolute Gasteiger partial charge is 0.343 e. The van der Waals surface area contributed by atoms with Gasteiger partial charge in [-0.05, 0) is 38.1 Å². The summed E-state index contributed by atoms with van der Waals surface area (Å²) in [7, 11) is 0. The van der Waals surface area contributed by atoms with Gasteiger partial charge in [-0.2, -0.15) is 0 Å². The fourth-order valence-electron chi connectivity index (χ4n) is 2.18. The number of benzene rings is 1. The SMILES string of the molecule is CCN(CC)c1ccc2cc(/C=C/C=[NH2+])c(=O)oc2c1. The molecular weight excluding hydrogens is 252 g/mol. The molecule has 1 aromatic carbocycles. The predicted octanol–water partition coefficient (Wildman–Crippen LogP) is 1.48. The number of rotatable bonds is 5. The molecule has 0 bridgehead atoms. The molecule has 4 heteroatoms. The van der Waals surface area contributed by atoms with Gasteiger partial charge in [0.25, 0.3) is 0 Å². The van der Waals surface area contributed by atoms with Crippen LogP contribution in [0.5, 0.6) is 0 Å². The van der Waals surface area contributed by atoms with Crippen molar-refractivity contribution in [1.82, 2.24) is 0 Å². The van der Waals surface area contributed by atoms with Crippen molar-refractivity contribution < 1.29 is 9.83 Å². The molecule has 0 amide bonds. The quantitative estimate of drug-likeness (QED) is 0.662. The van der Waals surface area contributed by atoms with Gasteiger partial charge in [0.2, 0.25) is 0 Å². The second-order valence-corrected chi connectivity index (χ2v) is 4.44. The van der Waals surface area contributed by atoms with Crippen LogP contribution in [-0.4, -0.2) is 19.3 Å². The highest BCUT2D eigenvalue weighted by Gasteiger charge is 2.06. The molecule has 0 radical (unpaired) electrons. The second-order valence-electron chi connectivity index (χ2n) is 4.44. The summed E-state index contributed by atoms with van der Waals surface area (Å²) >= 11 is 0. The van der Waals surface area contributed by atoms with Crippen LogP contribution in [0.2, 0.25) is 0 Å². The standard InChI is InChI=1S/C16H18N2O2/c1-3-18(4-2)14-8-7-12-10-13(6-5-9-17)16(19)20-15(12)11-14/h5-11,17H,3-4H2,1-2H3/p+1/b6-5+,17-9?. The highest BCUT2D eigenvalue weighted by Crippen LogP contribution is 2.22. The van der Waals surface area contributed by atoms with E-state index in [0.29, 0.717) is 11.1 Å². The molecule has 0 saturated heterocycles. The maximum absolute atomic E-state index is 11.9. The van der Waals surface area contributed by atoms with Crippen LogP contribution in [0, 0.1) is 0 Å². The molecule has 0 aliphatic rings. The number of nitrogens with zero attached hydrogens (tertiary/aromatic N) is 1. The van der Waals surface area contributed by atoms with Crippen molar-refractivity contribution in [2.24, 2.45) is 0 Å². The second kappa shape index (κ2) is 6.19. The largest absolute Gasteiger partial charge is 0.422 e. The minimum Gasteiger partial charge on any atom is -0.422 e. The molecule has 4 nitrogen and oxygen atoms in total. The number of fused-ring (bicyclic) bond motifs is 1. The molecule has 104 valence electrons. The Morgan fingerprint density at radius 2 is 2.00 bits per heavy atom.